The molecule has 0 radical (unpaired) electrons. The summed E-state index contributed by atoms with van der Waals surface area (Å²) < 4.78 is 1.03. The molecule has 96 valence electrons. The second-order valence-electron chi connectivity index (χ2n) is 4.19. The van der Waals surface area contributed by atoms with Crippen molar-refractivity contribution in [3.05, 3.63) is 32.9 Å². The van der Waals surface area contributed by atoms with Crippen LogP contribution in [0.1, 0.15) is 25.1 Å². The molecule has 0 amide bonds. The second-order valence-corrected chi connectivity index (χ2v) is 5.45. The van der Waals surface area contributed by atoms with Crippen LogP contribution in [0.15, 0.2) is 16.6 Å². The largest absolute Gasteiger partial charge is 0.384 e. The first-order valence-corrected chi connectivity index (χ1v) is 7.28. The topological polar surface area (TPSA) is 24.9 Å². The van der Waals surface area contributed by atoms with Crippen LogP contribution in [0, 0.1) is 6.92 Å². The average molecular weight is 328 g/mol. The summed E-state index contributed by atoms with van der Waals surface area (Å²) in [5, 5.41) is 5.22. The fourth-order valence-electron chi connectivity index (χ4n) is 2.26. The lowest BCUT2D eigenvalue weighted by Crippen LogP contribution is -2.05. The highest BCUT2D eigenvalue weighted by Crippen LogP contribution is 2.37. The number of aryl methyl sites for hydroxylation is 1. The van der Waals surface area contributed by atoms with Crippen LogP contribution in [0.4, 0.5) is 5.69 Å². The third-order valence-electron chi connectivity index (χ3n) is 3.05. The van der Waals surface area contributed by atoms with Gasteiger partial charge in [0.05, 0.1) is 10.5 Å². The van der Waals surface area contributed by atoms with Gasteiger partial charge in [0, 0.05) is 27.8 Å². The van der Waals surface area contributed by atoms with E-state index in [1.165, 1.54) is 5.56 Å². The number of hydrogen-bond acceptors (Lipinski definition) is 2. The molecular formula is C14H16BrClN2. The number of aromatic nitrogens is 1. The first kappa shape index (κ1) is 13.6. The van der Waals surface area contributed by atoms with E-state index in [0.717, 1.165) is 39.7 Å². The Balaban J connectivity index is 2.91. The van der Waals surface area contributed by atoms with Crippen LogP contribution in [-0.4, -0.2) is 11.5 Å². The van der Waals surface area contributed by atoms with Crippen molar-refractivity contribution in [1.29, 1.82) is 0 Å². The Morgan fingerprint density at radius 2 is 2.06 bits per heavy atom. The Morgan fingerprint density at radius 3 is 2.67 bits per heavy atom. The molecule has 0 aliphatic rings. The third-order valence-corrected chi connectivity index (χ3v) is 4.02. The minimum Gasteiger partial charge on any atom is -0.384 e. The number of halogens is 2. The molecule has 0 spiro atoms. The maximum Gasteiger partial charge on any atom is 0.0923 e. The van der Waals surface area contributed by atoms with Crippen LogP contribution in [0.5, 0.6) is 0 Å². The lowest BCUT2D eigenvalue weighted by molar-refractivity contribution is 1.06. The number of pyridine rings is 1. The summed E-state index contributed by atoms with van der Waals surface area (Å²) >= 11 is 9.86. The number of hydrogen-bond donors (Lipinski definition) is 1. The summed E-state index contributed by atoms with van der Waals surface area (Å²) in [5.74, 6) is 0. The van der Waals surface area contributed by atoms with E-state index >= 15 is 0 Å². The van der Waals surface area contributed by atoms with E-state index in [1.807, 2.05) is 19.1 Å². The molecule has 0 aliphatic carbocycles. The SMILES string of the molecule is CCNc1c(CC)c(C)nc2c(Cl)ccc(Br)c12. The van der Waals surface area contributed by atoms with E-state index in [-0.39, 0.29) is 0 Å². The molecule has 4 heteroatoms. The van der Waals surface area contributed by atoms with Crippen LogP contribution in [0.25, 0.3) is 10.9 Å². The van der Waals surface area contributed by atoms with Crippen molar-refractivity contribution in [2.24, 2.45) is 0 Å². The smallest absolute Gasteiger partial charge is 0.0923 e. The van der Waals surface area contributed by atoms with Crippen molar-refractivity contribution >= 4 is 44.1 Å². The summed E-state index contributed by atoms with van der Waals surface area (Å²) in [6.07, 6.45) is 0.954. The van der Waals surface area contributed by atoms with E-state index in [4.69, 9.17) is 11.6 Å². The van der Waals surface area contributed by atoms with Gasteiger partial charge >= 0.3 is 0 Å². The molecule has 0 saturated heterocycles. The number of nitrogens with one attached hydrogen (secondary N) is 1. The third kappa shape index (κ3) is 2.21. The average Bonchev–Trinajstić information content (AvgIpc) is 2.34. The first-order chi connectivity index (χ1) is 8.60. The van der Waals surface area contributed by atoms with E-state index in [2.05, 4.69) is 40.1 Å². The van der Waals surface area contributed by atoms with Gasteiger partial charge in [0.1, 0.15) is 0 Å². The molecule has 1 aromatic carbocycles. The zero-order chi connectivity index (χ0) is 13.3. The maximum absolute atomic E-state index is 6.26. The minimum atomic E-state index is 0.693. The number of nitrogens with zero attached hydrogens (tertiary/aromatic N) is 1. The molecule has 0 bridgehead atoms. The van der Waals surface area contributed by atoms with Crippen molar-refractivity contribution in [3.8, 4) is 0 Å². The molecule has 0 saturated carbocycles. The van der Waals surface area contributed by atoms with Gasteiger partial charge in [-0.1, -0.05) is 34.5 Å². The van der Waals surface area contributed by atoms with Crippen molar-refractivity contribution in [2.45, 2.75) is 27.2 Å². The van der Waals surface area contributed by atoms with Crippen molar-refractivity contribution < 1.29 is 0 Å². The number of anilines is 1. The predicted octanol–water partition coefficient (Wildman–Crippen LogP) is 4.95. The fraction of sp³-hybridized carbons (Fsp3) is 0.357. The number of fused-ring (bicyclic) bond motifs is 1. The van der Waals surface area contributed by atoms with Gasteiger partial charge in [0.25, 0.3) is 0 Å². The van der Waals surface area contributed by atoms with Gasteiger partial charge in [-0.15, -0.1) is 0 Å². The fourth-order valence-corrected chi connectivity index (χ4v) is 2.98. The quantitative estimate of drug-likeness (QED) is 0.862. The first-order valence-electron chi connectivity index (χ1n) is 6.11. The van der Waals surface area contributed by atoms with Crippen LogP contribution in [0.2, 0.25) is 5.02 Å². The van der Waals surface area contributed by atoms with Crippen molar-refractivity contribution in [3.63, 3.8) is 0 Å². The van der Waals surface area contributed by atoms with Crippen LogP contribution < -0.4 is 5.32 Å². The Labute approximate surface area is 121 Å². The molecule has 1 aromatic heterocycles. The summed E-state index contributed by atoms with van der Waals surface area (Å²) in [5.41, 5.74) is 4.31. The summed E-state index contributed by atoms with van der Waals surface area (Å²) in [6.45, 7) is 7.16. The van der Waals surface area contributed by atoms with Crippen molar-refractivity contribution in [1.82, 2.24) is 4.98 Å². The molecule has 0 fully saturated rings. The van der Waals surface area contributed by atoms with E-state index < -0.39 is 0 Å². The molecule has 0 atom stereocenters. The standard InChI is InChI=1S/C14H16BrClN2/c1-4-9-8(3)18-14-11(16)7-6-10(15)12(14)13(9)17-5-2/h6-7H,4-5H2,1-3H3,(H,17,18). The Morgan fingerprint density at radius 1 is 1.33 bits per heavy atom. The molecule has 1 heterocycles. The minimum absolute atomic E-state index is 0.693. The van der Waals surface area contributed by atoms with Crippen LogP contribution >= 0.6 is 27.5 Å². The summed E-state index contributed by atoms with van der Waals surface area (Å²) in [7, 11) is 0. The molecule has 18 heavy (non-hydrogen) atoms. The predicted molar refractivity (Wildman–Crippen MR) is 82.7 cm³/mol. The van der Waals surface area contributed by atoms with Crippen molar-refractivity contribution in [2.75, 3.05) is 11.9 Å². The Bertz CT molecular complexity index is 596. The van der Waals surface area contributed by atoms with E-state index in [1.54, 1.807) is 0 Å². The molecule has 0 aliphatic heterocycles. The van der Waals surface area contributed by atoms with Gasteiger partial charge < -0.3 is 5.32 Å². The van der Waals surface area contributed by atoms with Gasteiger partial charge in [-0.05, 0) is 38.0 Å². The molecular weight excluding hydrogens is 312 g/mol. The highest BCUT2D eigenvalue weighted by molar-refractivity contribution is 9.10. The highest BCUT2D eigenvalue weighted by atomic mass is 79.9. The summed E-state index contributed by atoms with van der Waals surface area (Å²) in [6, 6.07) is 3.85. The molecule has 0 unspecified atom stereocenters. The zero-order valence-electron chi connectivity index (χ0n) is 10.8. The zero-order valence-corrected chi connectivity index (χ0v) is 13.1. The van der Waals surface area contributed by atoms with Gasteiger partial charge in [-0.25, -0.2) is 0 Å². The molecule has 2 nitrogen and oxygen atoms in total. The van der Waals surface area contributed by atoms with Gasteiger partial charge in [-0.2, -0.15) is 0 Å². The van der Waals surface area contributed by atoms with Crippen LogP contribution in [0.3, 0.4) is 0 Å². The number of benzene rings is 1. The van der Waals surface area contributed by atoms with E-state index in [0.29, 0.717) is 5.02 Å². The van der Waals surface area contributed by atoms with E-state index in [9.17, 15) is 0 Å². The van der Waals surface area contributed by atoms with Gasteiger partial charge in [0.15, 0.2) is 0 Å². The molecule has 1 N–H and O–H groups in total. The monoisotopic (exact) mass is 326 g/mol. The van der Waals surface area contributed by atoms with Gasteiger partial charge in [-0.3, -0.25) is 4.98 Å². The second kappa shape index (κ2) is 5.45. The molecule has 2 aromatic rings. The van der Waals surface area contributed by atoms with Crippen LogP contribution in [-0.2, 0) is 6.42 Å². The van der Waals surface area contributed by atoms with Gasteiger partial charge in [0.2, 0.25) is 0 Å². The normalized spacial score (nSPS) is 10.9. The number of rotatable bonds is 3. The lowest BCUT2D eigenvalue weighted by atomic mass is 10.0. The molecule has 2 rings (SSSR count). The lowest BCUT2D eigenvalue weighted by Gasteiger charge is -2.17. The Kier molecular flexibility index (Phi) is 4.13. The maximum atomic E-state index is 6.26. The summed E-state index contributed by atoms with van der Waals surface area (Å²) in [4.78, 5) is 4.65. The highest BCUT2D eigenvalue weighted by Gasteiger charge is 2.15. The Hall–Kier alpha value is -0.800.